The molecule has 2 nitrogen and oxygen atoms in total. The van der Waals surface area contributed by atoms with Crippen molar-refractivity contribution in [3.8, 4) is 0 Å². The maximum absolute atomic E-state index is 5.82. The van der Waals surface area contributed by atoms with E-state index in [1.807, 2.05) is 6.92 Å². The molecule has 5 heteroatoms. The molecule has 0 aromatic carbocycles. The van der Waals surface area contributed by atoms with Gasteiger partial charge in [0, 0.05) is 6.42 Å². The molecule has 0 N–H and O–H groups in total. The number of halogens is 3. The lowest BCUT2D eigenvalue weighted by Crippen LogP contribution is -1.91. The van der Waals surface area contributed by atoms with Gasteiger partial charge in [0.05, 0.1) is 0 Å². The van der Waals surface area contributed by atoms with Crippen LogP contribution in [0.2, 0.25) is 0 Å². The van der Waals surface area contributed by atoms with E-state index in [1.165, 1.54) is 0 Å². The zero-order valence-electron chi connectivity index (χ0n) is 6.44. The number of hydrogen-bond acceptors (Lipinski definition) is 2. The average molecular weight is 226 g/mol. The molecule has 0 saturated carbocycles. The molecule has 0 aromatic heterocycles. The number of rotatable bonds is 1. The normalized spacial score (nSPS) is 18.7. The summed E-state index contributed by atoms with van der Waals surface area (Å²) in [7, 11) is 0. The molecule has 1 heterocycles. The molecule has 0 aromatic rings. The Morgan fingerprint density at radius 2 is 1.92 bits per heavy atom. The molecule has 66 valence electrons. The molecule has 0 fully saturated rings. The zero-order chi connectivity index (χ0) is 9.14. The van der Waals surface area contributed by atoms with Gasteiger partial charge in [-0.05, 0) is 23.6 Å². The van der Waals surface area contributed by atoms with Crippen molar-refractivity contribution in [2.24, 2.45) is 9.98 Å². The fourth-order valence-corrected chi connectivity index (χ4v) is 1.64. The Bertz CT molecular complexity index is 278. The van der Waals surface area contributed by atoms with E-state index in [1.54, 1.807) is 0 Å². The molecule has 0 amide bonds. The summed E-state index contributed by atoms with van der Waals surface area (Å²) < 4.78 is 0. The smallest absolute Gasteiger partial charge is 0.210 e. The van der Waals surface area contributed by atoms with Gasteiger partial charge in [0.25, 0.3) is 0 Å². The average Bonchev–Trinajstić information content (AvgIpc) is 2.09. The van der Waals surface area contributed by atoms with Crippen LogP contribution in [0.25, 0.3) is 0 Å². The van der Waals surface area contributed by atoms with Crippen molar-refractivity contribution < 1.29 is 0 Å². The Kier molecular flexibility index (Phi) is 3.56. The first-order valence-corrected chi connectivity index (χ1v) is 4.61. The lowest BCUT2D eigenvalue weighted by atomic mass is 10.2. The largest absolute Gasteiger partial charge is 0.224 e. The van der Waals surface area contributed by atoms with E-state index in [4.69, 9.17) is 34.8 Å². The molecule has 0 saturated heterocycles. The van der Waals surface area contributed by atoms with Gasteiger partial charge in [-0.3, -0.25) is 0 Å². The van der Waals surface area contributed by atoms with Gasteiger partial charge < -0.3 is 0 Å². The molecular formula is C7H7Cl3N2. The maximum Gasteiger partial charge on any atom is 0.224 e. The Balaban J connectivity index is 3.02. The molecule has 0 spiro atoms. The fraction of sp³-hybridized carbons (Fsp3) is 0.429. The highest BCUT2D eigenvalue weighted by molar-refractivity contribution is 6.72. The molecule has 0 radical (unpaired) electrons. The van der Waals surface area contributed by atoms with Crippen LogP contribution in [-0.4, -0.2) is 10.5 Å². The van der Waals surface area contributed by atoms with Crippen molar-refractivity contribution in [2.75, 3.05) is 0 Å². The number of nitrogens with zero attached hydrogens (tertiary/aromatic N) is 2. The Labute approximate surface area is 85.9 Å². The highest BCUT2D eigenvalue weighted by Crippen LogP contribution is 2.23. The summed E-state index contributed by atoms with van der Waals surface area (Å²) in [5, 5.41) is 0.923. The van der Waals surface area contributed by atoms with E-state index in [2.05, 4.69) is 9.98 Å². The van der Waals surface area contributed by atoms with Gasteiger partial charge in [-0.25, -0.2) is 9.98 Å². The predicted molar refractivity (Wildman–Crippen MR) is 54.4 cm³/mol. The number of hydrogen-bond donors (Lipinski definition) is 0. The van der Waals surface area contributed by atoms with E-state index in [0.717, 1.165) is 12.0 Å². The zero-order valence-corrected chi connectivity index (χ0v) is 8.71. The van der Waals surface area contributed by atoms with Gasteiger partial charge in [0.2, 0.25) is 5.29 Å². The minimum atomic E-state index is 0.0912. The monoisotopic (exact) mass is 224 g/mol. The molecule has 12 heavy (non-hydrogen) atoms. The summed E-state index contributed by atoms with van der Waals surface area (Å²) in [6, 6.07) is 0. The predicted octanol–water partition coefficient (Wildman–Crippen LogP) is 3.48. The van der Waals surface area contributed by atoms with Gasteiger partial charge in [-0.1, -0.05) is 30.1 Å². The third kappa shape index (κ3) is 2.47. The first kappa shape index (κ1) is 10.0. The van der Waals surface area contributed by atoms with Crippen LogP contribution in [0.15, 0.2) is 20.7 Å². The van der Waals surface area contributed by atoms with Crippen molar-refractivity contribution in [1.29, 1.82) is 0 Å². The maximum atomic E-state index is 5.82. The minimum Gasteiger partial charge on any atom is -0.210 e. The van der Waals surface area contributed by atoms with Crippen LogP contribution < -0.4 is 0 Å². The first-order chi connectivity index (χ1) is 5.63. The highest BCUT2D eigenvalue weighted by Gasteiger charge is 2.10. The van der Waals surface area contributed by atoms with Crippen LogP contribution >= 0.6 is 34.8 Å². The topological polar surface area (TPSA) is 24.7 Å². The SMILES string of the molecule is CCC1=C(Cl)N=C(Cl)N=C(Cl)C1. The van der Waals surface area contributed by atoms with Crippen LogP contribution in [0.1, 0.15) is 19.8 Å². The summed E-state index contributed by atoms with van der Waals surface area (Å²) in [6.07, 6.45) is 1.34. The summed E-state index contributed by atoms with van der Waals surface area (Å²) in [6.45, 7) is 1.98. The Hall–Kier alpha value is -0.0500. The third-order valence-corrected chi connectivity index (χ3v) is 2.22. The van der Waals surface area contributed by atoms with Crippen molar-refractivity contribution in [2.45, 2.75) is 19.8 Å². The van der Waals surface area contributed by atoms with E-state index in [9.17, 15) is 0 Å². The van der Waals surface area contributed by atoms with Crippen LogP contribution in [0.4, 0.5) is 0 Å². The Morgan fingerprint density at radius 3 is 2.50 bits per heavy atom. The van der Waals surface area contributed by atoms with Crippen molar-refractivity contribution in [3.63, 3.8) is 0 Å². The Morgan fingerprint density at radius 1 is 1.25 bits per heavy atom. The second kappa shape index (κ2) is 4.26. The third-order valence-electron chi connectivity index (χ3n) is 1.48. The molecule has 0 aliphatic carbocycles. The first-order valence-electron chi connectivity index (χ1n) is 3.48. The van der Waals surface area contributed by atoms with Crippen LogP contribution in [0.5, 0.6) is 0 Å². The molecule has 1 rings (SSSR count). The molecule has 1 aliphatic rings. The van der Waals surface area contributed by atoms with E-state index in [-0.39, 0.29) is 5.29 Å². The summed E-state index contributed by atoms with van der Waals surface area (Å²) >= 11 is 17.2. The van der Waals surface area contributed by atoms with Gasteiger partial charge >= 0.3 is 0 Å². The minimum absolute atomic E-state index is 0.0912. The van der Waals surface area contributed by atoms with E-state index >= 15 is 0 Å². The molecular weight excluding hydrogens is 218 g/mol. The van der Waals surface area contributed by atoms with Crippen LogP contribution in [0, 0.1) is 0 Å². The van der Waals surface area contributed by atoms with Gasteiger partial charge in [0.1, 0.15) is 10.3 Å². The summed E-state index contributed by atoms with van der Waals surface area (Å²) in [5.74, 6) is 0. The quantitative estimate of drug-likeness (QED) is 0.611. The number of aliphatic imine (C=N–C) groups is 2. The van der Waals surface area contributed by atoms with Gasteiger partial charge in [0.15, 0.2) is 0 Å². The van der Waals surface area contributed by atoms with Gasteiger partial charge in [-0.2, -0.15) is 0 Å². The highest BCUT2D eigenvalue weighted by atomic mass is 35.5. The van der Waals surface area contributed by atoms with Crippen molar-refractivity contribution >= 4 is 45.3 Å². The van der Waals surface area contributed by atoms with Crippen molar-refractivity contribution in [1.82, 2.24) is 0 Å². The molecule has 0 bridgehead atoms. The van der Waals surface area contributed by atoms with Gasteiger partial charge in [-0.15, -0.1) is 0 Å². The van der Waals surface area contributed by atoms with Crippen LogP contribution in [0.3, 0.4) is 0 Å². The second-order valence-corrected chi connectivity index (χ2v) is 3.43. The van der Waals surface area contributed by atoms with Crippen molar-refractivity contribution in [3.05, 3.63) is 10.7 Å². The van der Waals surface area contributed by atoms with E-state index < -0.39 is 0 Å². The summed E-state index contributed by atoms with van der Waals surface area (Å²) in [4.78, 5) is 7.63. The number of amidine groups is 1. The standard InChI is InChI=1S/C7H7Cl3N2/c1-2-4-3-5(8)11-7(10)12-6(4)9/h2-3H2,1H3. The molecule has 1 aliphatic heterocycles. The molecule has 0 atom stereocenters. The lowest BCUT2D eigenvalue weighted by Gasteiger charge is -1.99. The second-order valence-electron chi connectivity index (χ2n) is 2.29. The molecule has 0 unspecified atom stereocenters. The summed E-state index contributed by atoms with van der Waals surface area (Å²) in [5.41, 5.74) is 0.959. The lowest BCUT2D eigenvalue weighted by molar-refractivity contribution is 1.04. The number of allylic oxidation sites excluding steroid dienone is 1. The van der Waals surface area contributed by atoms with Crippen LogP contribution in [-0.2, 0) is 0 Å². The van der Waals surface area contributed by atoms with E-state index in [0.29, 0.717) is 16.7 Å². The fourth-order valence-electron chi connectivity index (χ4n) is 0.845.